The van der Waals surface area contributed by atoms with Crippen molar-refractivity contribution in [3.8, 4) is 0 Å². The van der Waals surface area contributed by atoms with E-state index in [0.717, 1.165) is 22.2 Å². The lowest BCUT2D eigenvalue weighted by Crippen LogP contribution is -2.17. The van der Waals surface area contributed by atoms with Crippen molar-refractivity contribution >= 4 is 33.3 Å². The predicted octanol–water partition coefficient (Wildman–Crippen LogP) is 5.20. The number of aromatic nitrogens is 3. The maximum Gasteiger partial charge on any atom is 0.406 e. The van der Waals surface area contributed by atoms with Crippen LogP contribution in [0, 0.1) is 6.92 Å². The molecule has 0 amide bonds. The van der Waals surface area contributed by atoms with Gasteiger partial charge in [-0.15, -0.1) is 5.10 Å². The largest absolute Gasteiger partial charge is 0.406 e. The molecule has 2 heterocycles. The zero-order chi connectivity index (χ0) is 18.3. The summed E-state index contributed by atoms with van der Waals surface area (Å²) < 4.78 is 40.4. The zero-order valence-electron chi connectivity index (χ0n) is 13.9. The van der Waals surface area contributed by atoms with E-state index in [0.29, 0.717) is 16.9 Å². The molecule has 0 atom stereocenters. The van der Waals surface area contributed by atoms with Crippen LogP contribution in [0.15, 0.2) is 54.6 Å². The smallest absolute Gasteiger partial charge is 0.339 e. The van der Waals surface area contributed by atoms with Gasteiger partial charge in [0, 0.05) is 27.5 Å². The Morgan fingerprint density at radius 3 is 2.42 bits per heavy atom. The quantitative estimate of drug-likeness (QED) is 0.549. The highest BCUT2D eigenvalue weighted by atomic mass is 19.4. The Morgan fingerprint density at radius 1 is 0.923 bits per heavy atom. The van der Waals surface area contributed by atoms with Crippen LogP contribution < -0.4 is 5.32 Å². The molecule has 4 aromatic rings. The van der Waals surface area contributed by atoms with E-state index >= 15 is 0 Å². The van der Waals surface area contributed by atoms with Crippen molar-refractivity contribution < 1.29 is 13.2 Å². The molecule has 0 radical (unpaired) electrons. The Labute approximate surface area is 147 Å². The van der Waals surface area contributed by atoms with E-state index in [1.807, 2.05) is 31.2 Å². The summed E-state index contributed by atoms with van der Waals surface area (Å²) in [5.74, 6) is 0.578. The van der Waals surface area contributed by atoms with Crippen LogP contribution in [0.5, 0.6) is 0 Å². The number of aryl methyl sites for hydroxylation is 1. The first-order valence-corrected chi connectivity index (χ1v) is 8.06. The second-order valence-corrected chi connectivity index (χ2v) is 6.14. The second-order valence-electron chi connectivity index (χ2n) is 6.14. The van der Waals surface area contributed by atoms with Crippen LogP contribution in [-0.2, 0) is 6.54 Å². The van der Waals surface area contributed by atoms with Crippen molar-refractivity contribution in [2.24, 2.45) is 0 Å². The third kappa shape index (κ3) is 3.08. The number of nitrogens with one attached hydrogen (secondary N) is 1. The van der Waals surface area contributed by atoms with Crippen molar-refractivity contribution in [2.75, 3.05) is 5.32 Å². The predicted molar refractivity (Wildman–Crippen MR) is 95.6 cm³/mol. The summed E-state index contributed by atoms with van der Waals surface area (Å²) in [4.78, 5) is 0. The number of rotatable bonds is 3. The molecule has 0 unspecified atom stereocenters. The Kier molecular flexibility index (Phi) is 3.79. The van der Waals surface area contributed by atoms with Gasteiger partial charge in [-0.2, -0.15) is 18.3 Å². The number of nitrogens with zero attached hydrogens (tertiary/aromatic N) is 3. The minimum absolute atomic E-state index is 0.545. The number of para-hydroxylation sites is 1. The first-order valence-electron chi connectivity index (χ1n) is 8.06. The standard InChI is InChI=1S/C19H15F3N4/c1-12-6-9-18(25-24-12)23-13-7-8-17-15(10-13)14-4-2-3-5-16(14)26(17)11-19(20,21)22/h2-10H,11H2,1H3,(H,23,25). The normalized spacial score (nSPS) is 12.0. The van der Waals surface area contributed by atoms with Crippen LogP contribution in [0.25, 0.3) is 21.8 Å². The van der Waals surface area contributed by atoms with Gasteiger partial charge in [0.2, 0.25) is 0 Å². The molecule has 26 heavy (non-hydrogen) atoms. The van der Waals surface area contributed by atoms with E-state index < -0.39 is 12.7 Å². The van der Waals surface area contributed by atoms with Gasteiger partial charge in [-0.05, 0) is 43.3 Å². The summed E-state index contributed by atoms with van der Waals surface area (Å²) >= 11 is 0. The van der Waals surface area contributed by atoms with Crippen molar-refractivity contribution in [1.82, 2.24) is 14.8 Å². The average Bonchev–Trinajstić information content (AvgIpc) is 2.89. The van der Waals surface area contributed by atoms with Gasteiger partial charge >= 0.3 is 6.18 Å². The topological polar surface area (TPSA) is 42.7 Å². The highest BCUT2D eigenvalue weighted by Crippen LogP contribution is 2.33. The molecule has 7 heteroatoms. The molecule has 1 N–H and O–H groups in total. The highest BCUT2D eigenvalue weighted by Gasteiger charge is 2.29. The van der Waals surface area contributed by atoms with Crippen molar-refractivity contribution in [3.05, 3.63) is 60.3 Å². The molecule has 0 saturated carbocycles. The summed E-state index contributed by atoms with van der Waals surface area (Å²) in [6.07, 6.45) is -4.29. The molecule has 0 aliphatic heterocycles. The Morgan fingerprint density at radius 2 is 1.69 bits per heavy atom. The van der Waals surface area contributed by atoms with E-state index in [1.165, 1.54) is 4.57 Å². The molecule has 4 rings (SSSR count). The van der Waals surface area contributed by atoms with Gasteiger partial charge in [-0.25, -0.2) is 0 Å². The molecule has 0 bridgehead atoms. The molecule has 0 saturated heterocycles. The molecular formula is C19H15F3N4. The monoisotopic (exact) mass is 356 g/mol. The van der Waals surface area contributed by atoms with Crippen LogP contribution in [0.3, 0.4) is 0 Å². The second kappa shape index (κ2) is 6.01. The molecule has 132 valence electrons. The zero-order valence-corrected chi connectivity index (χ0v) is 13.9. The summed E-state index contributed by atoms with van der Waals surface area (Å²) in [6.45, 7) is 0.825. The maximum absolute atomic E-state index is 13.0. The molecule has 2 aromatic heterocycles. The SMILES string of the molecule is Cc1ccc(Nc2ccc3c(c2)c2ccccc2n3CC(F)(F)F)nn1. The van der Waals surface area contributed by atoms with E-state index in [-0.39, 0.29) is 0 Å². The first kappa shape index (κ1) is 16.4. The van der Waals surface area contributed by atoms with E-state index in [1.54, 1.807) is 30.3 Å². The fourth-order valence-corrected chi connectivity index (χ4v) is 3.09. The third-order valence-corrected chi connectivity index (χ3v) is 4.18. The third-order valence-electron chi connectivity index (χ3n) is 4.18. The number of benzene rings is 2. The molecule has 0 aliphatic rings. The van der Waals surface area contributed by atoms with Gasteiger partial charge in [-0.1, -0.05) is 18.2 Å². The van der Waals surface area contributed by atoms with E-state index in [4.69, 9.17) is 0 Å². The summed E-state index contributed by atoms with van der Waals surface area (Å²) in [6, 6.07) is 16.0. The Balaban J connectivity index is 1.83. The first-order chi connectivity index (χ1) is 12.4. The van der Waals surface area contributed by atoms with E-state index in [2.05, 4.69) is 15.5 Å². The molecule has 4 nitrogen and oxygen atoms in total. The number of halogens is 3. The molecule has 0 spiro atoms. The van der Waals surface area contributed by atoms with Crippen molar-refractivity contribution in [2.45, 2.75) is 19.6 Å². The summed E-state index contributed by atoms with van der Waals surface area (Å²) in [7, 11) is 0. The van der Waals surface area contributed by atoms with Gasteiger partial charge in [0.25, 0.3) is 0 Å². The minimum atomic E-state index is -4.29. The lowest BCUT2D eigenvalue weighted by Gasteiger charge is -2.11. The minimum Gasteiger partial charge on any atom is -0.339 e. The number of hydrogen-bond donors (Lipinski definition) is 1. The Hall–Kier alpha value is -3.09. The fraction of sp³-hybridized carbons (Fsp3) is 0.158. The molecule has 2 aromatic carbocycles. The van der Waals surface area contributed by atoms with Crippen LogP contribution in [0.4, 0.5) is 24.7 Å². The van der Waals surface area contributed by atoms with Gasteiger partial charge in [0.15, 0.2) is 5.82 Å². The van der Waals surface area contributed by atoms with Crippen molar-refractivity contribution in [1.29, 1.82) is 0 Å². The molecule has 0 fully saturated rings. The van der Waals surface area contributed by atoms with Crippen LogP contribution in [-0.4, -0.2) is 20.9 Å². The number of alkyl halides is 3. The molecular weight excluding hydrogens is 341 g/mol. The van der Waals surface area contributed by atoms with Gasteiger partial charge < -0.3 is 9.88 Å². The van der Waals surface area contributed by atoms with E-state index in [9.17, 15) is 13.2 Å². The highest BCUT2D eigenvalue weighted by molar-refractivity contribution is 6.09. The van der Waals surface area contributed by atoms with Gasteiger partial charge in [0.05, 0.1) is 5.69 Å². The molecule has 0 aliphatic carbocycles. The van der Waals surface area contributed by atoms with Crippen molar-refractivity contribution in [3.63, 3.8) is 0 Å². The van der Waals surface area contributed by atoms with Crippen LogP contribution in [0.1, 0.15) is 5.69 Å². The summed E-state index contributed by atoms with van der Waals surface area (Å²) in [5, 5.41) is 12.7. The maximum atomic E-state index is 13.0. The lowest BCUT2D eigenvalue weighted by atomic mass is 10.1. The van der Waals surface area contributed by atoms with Gasteiger partial charge in [-0.3, -0.25) is 0 Å². The Bertz CT molecular complexity index is 1080. The lowest BCUT2D eigenvalue weighted by molar-refractivity contribution is -0.139. The van der Waals surface area contributed by atoms with Gasteiger partial charge in [0.1, 0.15) is 6.54 Å². The van der Waals surface area contributed by atoms with Crippen LogP contribution >= 0.6 is 0 Å². The number of hydrogen-bond acceptors (Lipinski definition) is 3. The average molecular weight is 356 g/mol. The number of anilines is 2. The van der Waals surface area contributed by atoms with Crippen LogP contribution in [0.2, 0.25) is 0 Å². The fourth-order valence-electron chi connectivity index (χ4n) is 3.09. The summed E-state index contributed by atoms with van der Waals surface area (Å²) in [5.41, 5.74) is 2.66. The number of fused-ring (bicyclic) bond motifs is 3.